The molecule has 6 heteroatoms. The van der Waals surface area contributed by atoms with Gasteiger partial charge in [0.15, 0.2) is 0 Å². The maximum atomic E-state index is 12.2. The minimum atomic E-state index is -3.65. The quantitative estimate of drug-likeness (QED) is 0.784. The molecule has 0 aliphatic carbocycles. The van der Waals surface area contributed by atoms with E-state index in [0.29, 0.717) is 13.0 Å². The third-order valence-corrected chi connectivity index (χ3v) is 4.05. The van der Waals surface area contributed by atoms with Gasteiger partial charge in [0.25, 0.3) is 0 Å². The highest BCUT2D eigenvalue weighted by Gasteiger charge is 2.25. The first-order valence-electron chi connectivity index (χ1n) is 5.18. The van der Waals surface area contributed by atoms with Crippen LogP contribution in [-0.4, -0.2) is 30.8 Å². The largest absolute Gasteiger partial charge is 0.383 e. The Morgan fingerprint density at radius 2 is 2.29 bits per heavy atom. The molecule has 17 heavy (non-hydrogen) atoms. The minimum Gasteiger partial charge on any atom is -0.383 e. The number of nitrogens with two attached hydrogens (primary N) is 1. The second kappa shape index (κ2) is 5.66. The molecule has 0 aliphatic rings. The monoisotopic (exact) mass is 253 g/mol. The average Bonchev–Trinajstić information content (AvgIpc) is 2.29. The molecule has 0 aromatic carbocycles. The molecule has 0 saturated carbocycles. The van der Waals surface area contributed by atoms with Gasteiger partial charge in [-0.2, -0.15) is 4.31 Å². The molecule has 5 nitrogen and oxygen atoms in total. The van der Waals surface area contributed by atoms with Gasteiger partial charge in [-0.1, -0.05) is 12.8 Å². The van der Waals surface area contributed by atoms with Crippen LogP contribution in [0.2, 0.25) is 0 Å². The Balaban J connectivity index is 3.18. The summed E-state index contributed by atoms with van der Waals surface area (Å²) in [5.41, 5.74) is 5.57. The SMILES string of the molecule is C#CCN(CCC)S(=O)(=O)c1cccnc1N. The zero-order valence-corrected chi connectivity index (χ0v) is 10.4. The van der Waals surface area contributed by atoms with Crippen molar-refractivity contribution in [3.63, 3.8) is 0 Å². The Labute approximate surface area is 102 Å². The van der Waals surface area contributed by atoms with E-state index in [1.54, 1.807) is 0 Å². The number of pyridine rings is 1. The van der Waals surface area contributed by atoms with Gasteiger partial charge in [0.2, 0.25) is 10.0 Å². The van der Waals surface area contributed by atoms with Gasteiger partial charge in [0.05, 0.1) is 6.54 Å². The molecule has 1 rings (SSSR count). The number of sulfonamides is 1. The molecule has 0 atom stereocenters. The standard InChI is InChI=1S/C11H15N3O2S/c1-3-8-14(9-4-2)17(15,16)10-6-5-7-13-11(10)12/h1,5-7H,4,8-9H2,2H3,(H2,12,13). The van der Waals surface area contributed by atoms with Crippen LogP contribution in [-0.2, 0) is 10.0 Å². The minimum absolute atomic E-state index is 0.00343. The van der Waals surface area contributed by atoms with Crippen LogP contribution in [0.1, 0.15) is 13.3 Å². The van der Waals surface area contributed by atoms with Crippen molar-refractivity contribution in [2.24, 2.45) is 0 Å². The van der Waals surface area contributed by atoms with Crippen molar-refractivity contribution in [3.05, 3.63) is 18.3 Å². The Bertz CT molecular complexity index is 520. The summed E-state index contributed by atoms with van der Waals surface area (Å²) in [6.07, 6.45) is 7.30. The Morgan fingerprint density at radius 1 is 1.59 bits per heavy atom. The number of nitrogen functional groups attached to an aromatic ring is 1. The van der Waals surface area contributed by atoms with E-state index < -0.39 is 10.0 Å². The highest BCUT2D eigenvalue weighted by Crippen LogP contribution is 2.19. The Hall–Kier alpha value is -1.58. The molecule has 0 fully saturated rings. The number of aromatic nitrogens is 1. The fourth-order valence-corrected chi connectivity index (χ4v) is 2.91. The molecule has 0 radical (unpaired) electrons. The van der Waals surface area contributed by atoms with Crippen molar-refractivity contribution >= 4 is 15.8 Å². The van der Waals surface area contributed by atoms with E-state index >= 15 is 0 Å². The van der Waals surface area contributed by atoms with E-state index in [1.807, 2.05) is 6.92 Å². The fourth-order valence-electron chi connectivity index (χ4n) is 1.40. The van der Waals surface area contributed by atoms with E-state index in [4.69, 9.17) is 12.2 Å². The van der Waals surface area contributed by atoms with Gasteiger partial charge in [-0.05, 0) is 18.6 Å². The topological polar surface area (TPSA) is 76.3 Å². The lowest BCUT2D eigenvalue weighted by atomic mass is 10.5. The summed E-state index contributed by atoms with van der Waals surface area (Å²) < 4.78 is 25.7. The maximum absolute atomic E-state index is 12.2. The first-order chi connectivity index (χ1) is 8.04. The highest BCUT2D eigenvalue weighted by molar-refractivity contribution is 7.89. The van der Waals surface area contributed by atoms with Crippen LogP contribution in [0.5, 0.6) is 0 Å². The molecule has 0 spiro atoms. The van der Waals surface area contributed by atoms with Crippen LogP contribution in [0.4, 0.5) is 5.82 Å². The van der Waals surface area contributed by atoms with Gasteiger partial charge < -0.3 is 5.73 Å². The number of terminal acetylenes is 1. The first kappa shape index (κ1) is 13.5. The van der Waals surface area contributed by atoms with Gasteiger partial charge in [-0.15, -0.1) is 6.42 Å². The van der Waals surface area contributed by atoms with Crippen molar-refractivity contribution in [1.82, 2.24) is 9.29 Å². The van der Waals surface area contributed by atoms with Crippen LogP contribution >= 0.6 is 0 Å². The molecule has 0 amide bonds. The van der Waals surface area contributed by atoms with Crippen molar-refractivity contribution in [1.29, 1.82) is 0 Å². The molecule has 92 valence electrons. The molecular weight excluding hydrogens is 238 g/mol. The Morgan fingerprint density at radius 3 is 2.82 bits per heavy atom. The summed E-state index contributed by atoms with van der Waals surface area (Å²) in [6.45, 7) is 2.27. The van der Waals surface area contributed by atoms with Gasteiger partial charge in [-0.25, -0.2) is 13.4 Å². The third-order valence-electron chi connectivity index (χ3n) is 2.16. The third kappa shape index (κ3) is 2.96. The predicted molar refractivity (Wildman–Crippen MR) is 66.5 cm³/mol. The van der Waals surface area contributed by atoms with E-state index in [0.717, 1.165) is 0 Å². The van der Waals surface area contributed by atoms with Crippen LogP contribution < -0.4 is 5.73 Å². The second-order valence-electron chi connectivity index (χ2n) is 3.43. The number of nitrogens with zero attached hydrogens (tertiary/aromatic N) is 2. The maximum Gasteiger partial charge on any atom is 0.247 e. The van der Waals surface area contributed by atoms with Gasteiger partial charge in [0.1, 0.15) is 10.7 Å². The summed E-state index contributed by atoms with van der Waals surface area (Å²) in [6, 6.07) is 2.96. The lowest BCUT2D eigenvalue weighted by Gasteiger charge is -2.19. The molecular formula is C11H15N3O2S. The summed E-state index contributed by atoms with van der Waals surface area (Å²) >= 11 is 0. The van der Waals surface area contributed by atoms with Crippen molar-refractivity contribution < 1.29 is 8.42 Å². The molecule has 1 heterocycles. The fraction of sp³-hybridized carbons (Fsp3) is 0.364. The number of hydrogen-bond donors (Lipinski definition) is 1. The van der Waals surface area contributed by atoms with Crippen LogP contribution in [0.25, 0.3) is 0 Å². The summed E-state index contributed by atoms with van der Waals surface area (Å²) in [5, 5.41) is 0. The predicted octanol–water partition coefficient (Wildman–Crippen LogP) is 0.698. The molecule has 1 aromatic heterocycles. The number of anilines is 1. The summed E-state index contributed by atoms with van der Waals surface area (Å²) in [7, 11) is -3.65. The molecule has 1 aromatic rings. The van der Waals surface area contributed by atoms with Crippen molar-refractivity contribution in [2.75, 3.05) is 18.8 Å². The smallest absolute Gasteiger partial charge is 0.247 e. The normalized spacial score (nSPS) is 11.4. The van der Waals surface area contributed by atoms with E-state index in [2.05, 4.69) is 10.9 Å². The molecule has 0 saturated heterocycles. The second-order valence-corrected chi connectivity index (χ2v) is 5.34. The number of rotatable bonds is 5. The highest BCUT2D eigenvalue weighted by atomic mass is 32.2. The zero-order valence-electron chi connectivity index (χ0n) is 9.63. The number of hydrogen-bond acceptors (Lipinski definition) is 4. The molecule has 2 N–H and O–H groups in total. The van der Waals surface area contributed by atoms with Crippen LogP contribution in [0.15, 0.2) is 23.2 Å². The lowest BCUT2D eigenvalue weighted by molar-refractivity contribution is 0.446. The van der Waals surface area contributed by atoms with Crippen molar-refractivity contribution in [3.8, 4) is 12.3 Å². The Kier molecular flexibility index (Phi) is 4.49. The van der Waals surface area contributed by atoms with Crippen LogP contribution in [0.3, 0.4) is 0 Å². The average molecular weight is 253 g/mol. The first-order valence-corrected chi connectivity index (χ1v) is 6.62. The summed E-state index contributed by atoms with van der Waals surface area (Å²) in [5.74, 6) is 2.32. The van der Waals surface area contributed by atoms with Gasteiger partial charge >= 0.3 is 0 Å². The van der Waals surface area contributed by atoms with E-state index in [1.165, 1.54) is 22.6 Å². The van der Waals surface area contributed by atoms with Gasteiger partial charge in [0, 0.05) is 12.7 Å². The molecule has 0 aliphatic heterocycles. The summed E-state index contributed by atoms with van der Waals surface area (Å²) in [4.78, 5) is 3.77. The van der Waals surface area contributed by atoms with Gasteiger partial charge in [-0.3, -0.25) is 0 Å². The van der Waals surface area contributed by atoms with E-state index in [-0.39, 0.29) is 17.3 Å². The molecule has 0 unspecified atom stereocenters. The van der Waals surface area contributed by atoms with E-state index in [9.17, 15) is 8.42 Å². The van der Waals surface area contributed by atoms with Crippen molar-refractivity contribution in [2.45, 2.75) is 18.2 Å². The lowest BCUT2D eigenvalue weighted by Crippen LogP contribution is -2.32. The van der Waals surface area contributed by atoms with Crippen LogP contribution in [0, 0.1) is 12.3 Å². The zero-order chi connectivity index (χ0) is 12.9. The molecule has 0 bridgehead atoms.